The van der Waals surface area contributed by atoms with Gasteiger partial charge in [-0.2, -0.15) is 4.98 Å². The molecule has 1 saturated heterocycles. The minimum atomic E-state index is -4.31. The van der Waals surface area contributed by atoms with Crippen LogP contribution in [0.2, 0.25) is 0 Å². The van der Waals surface area contributed by atoms with E-state index in [1.54, 1.807) is 9.80 Å². The fraction of sp³-hybridized carbons (Fsp3) is 0.185. The Morgan fingerprint density at radius 3 is 2.45 bits per heavy atom. The van der Waals surface area contributed by atoms with Gasteiger partial charge in [0, 0.05) is 31.2 Å². The fourth-order valence-electron chi connectivity index (χ4n) is 4.87. The van der Waals surface area contributed by atoms with Crippen molar-refractivity contribution < 1.29 is 22.0 Å². The standard InChI is InChI=1S/C27H24F2N6O4S/c1-3-23(36)33-12-13-34(16(2)15-33)25-18-14-20(29)24(17-8-4-5-9-19(17)28)31-26(18)35(27(37)32-25)21-10-6-7-11-22(21)40(30,38)39/h3-11,14,16H,1,12-13,15H2,2H3,(H2,30,38,39)/t16-/m0/s1. The molecule has 0 aliphatic carbocycles. The maximum Gasteiger partial charge on any atom is 0.355 e. The normalized spacial score (nSPS) is 15.8. The van der Waals surface area contributed by atoms with E-state index < -0.39 is 27.3 Å². The first kappa shape index (κ1) is 27.1. The number of fused-ring (bicyclic) bond motifs is 1. The Bertz CT molecular complexity index is 1840. The van der Waals surface area contributed by atoms with Crippen molar-refractivity contribution in [3.8, 4) is 16.9 Å². The molecule has 5 rings (SSSR count). The summed E-state index contributed by atoms with van der Waals surface area (Å²) in [5.41, 5.74) is -1.73. The van der Waals surface area contributed by atoms with Crippen molar-refractivity contribution in [3.63, 3.8) is 0 Å². The molecule has 1 amide bonds. The molecule has 13 heteroatoms. The third-order valence-corrected chi connectivity index (χ3v) is 7.69. The molecule has 40 heavy (non-hydrogen) atoms. The van der Waals surface area contributed by atoms with Gasteiger partial charge < -0.3 is 9.80 Å². The average molecular weight is 567 g/mol. The van der Waals surface area contributed by atoms with Crippen LogP contribution in [0.5, 0.6) is 0 Å². The molecular formula is C27H24F2N6O4S. The van der Waals surface area contributed by atoms with Gasteiger partial charge in [-0.05, 0) is 43.3 Å². The van der Waals surface area contributed by atoms with Crippen molar-refractivity contribution in [2.45, 2.75) is 17.9 Å². The molecule has 0 saturated carbocycles. The van der Waals surface area contributed by atoms with Crippen molar-refractivity contribution in [1.82, 2.24) is 19.4 Å². The fourth-order valence-corrected chi connectivity index (χ4v) is 5.59. The maximum absolute atomic E-state index is 15.6. The lowest BCUT2D eigenvalue weighted by Gasteiger charge is -2.40. The van der Waals surface area contributed by atoms with Gasteiger partial charge in [0.25, 0.3) is 0 Å². The summed E-state index contributed by atoms with van der Waals surface area (Å²) in [6, 6.07) is 11.7. The second-order valence-electron chi connectivity index (χ2n) is 9.27. The summed E-state index contributed by atoms with van der Waals surface area (Å²) >= 11 is 0. The number of aromatic nitrogens is 3. The molecule has 1 aliphatic heterocycles. The first-order chi connectivity index (χ1) is 19.0. The number of primary sulfonamides is 1. The predicted octanol–water partition coefficient (Wildman–Crippen LogP) is 2.60. The Hall–Kier alpha value is -4.49. The zero-order valence-corrected chi connectivity index (χ0v) is 22.1. The molecule has 4 aromatic rings. The summed E-state index contributed by atoms with van der Waals surface area (Å²) in [7, 11) is -4.31. The van der Waals surface area contributed by atoms with Crippen LogP contribution in [0.15, 0.2) is 76.9 Å². The van der Waals surface area contributed by atoms with Crippen LogP contribution in [-0.2, 0) is 14.8 Å². The van der Waals surface area contributed by atoms with E-state index in [0.29, 0.717) is 6.54 Å². The quantitative estimate of drug-likeness (QED) is 0.368. The highest BCUT2D eigenvalue weighted by Crippen LogP contribution is 2.33. The molecule has 0 spiro atoms. The number of benzene rings is 2. The van der Waals surface area contributed by atoms with Gasteiger partial charge in [0.15, 0.2) is 5.65 Å². The second kappa shape index (κ2) is 10.2. The summed E-state index contributed by atoms with van der Waals surface area (Å²) in [6.07, 6.45) is 1.21. The van der Waals surface area contributed by atoms with Crippen LogP contribution in [0.1, 0.15) is 6.92 Å². The number of carbonyl (C=O) groups is 1. The monoisotopic (exact) mass is 566 g/mol. The Kier molecular flexibility index (Phi) is 6.94. The number of halogens is 2. The largest absolute Gasteiger partial charge is 0.355 e. The number of piperazine rings is 1. The van der Waals surface area contributed by atoms with E-state index in [0.717, 1.165) is 16.7 Å². The highest BCUT2D eigenvalue weighted by molar-refractivity contribution is 7.89. The molecule has 1 atom stereocenters. The number of amides is 1. The summed E-state index contributed by atoms with van der Waals surface area (Å²) in [6.45, 7) is 6.17. The topological polar surface area (TPSA) is 131 Å². The number of anilines is 1. The van der Waals surface area contributed by atoms with Crippen molar-refractivity contribution in [1.29, 1.82) is 0 Å². The Labute approximate surface area is 228 Å². The van der Waals surface area contributed by atoms with Gasteiger partial charge in [-0.25, -0.2) is 36.7 Å². The molecule has 0 unspecified atom stereocenters. The number of nitrogens with zero attached hydrogens (tertiary/aromatic N) is 5. The lowest BCUT2D eigenvalue weighted by Crippen LogP contribution is -2.54. The molecule has 0 radical (unpaired) electrons. The molecule has 2 aromatic carbocycles. The number of carbonyl (C=O) groups excluding carboxylic acids is 1. The SMILES string of the molecule is C=CC(=O)N1CCN(c2nc(=O)n(-c3ccccc3S(N)(=O)=O)c3nc(-c4ccccc4F)c(F)cc23)[C@@H](C)C1. The lowest BCUT2D eigenvalue weighted by molar-refractivity contribution is -0.126. The summed E-state index contributed by atoms with van der Waals surface area (Å²) in [5, 5.41) is 5.51. The third-order valence-electron chi connectivity index (χ3n) is 6.73. The summed E-state index contributed by atoms with van der Waals surface area (Å²) in [4.78, 5) is 37.3. The van der Waals surface area contributed by atoms with E-state index in [-0.39, 0.29) is 63.7 Å². The number of hydrogen-bond donors (Lipinski definition) is 1. The van der Waals surface area contributed by atoms with Crippen molar-refractivity contribution in [2.24, 2.45) is 5.14 Å². The Morgan fingerprint density at radius 2 is 1.77 bits per heavy atom. The van der Waals surface area contributed by atoms with E-state index in [4.69, 9.17) is 5.14 Å². The van der Waals surface area contributed by atoms with Crippen LogP contribution < -0.4 is 15.7 Å². The highest BCUT2D eigenvalue weighted by atomic mass is 32.2. The molecule has 2 N–H and O–H groups in total. The van der Waals surface area contributed by atoms with Gasteiger partial charge in [-0.3, -0.25) is 4.79 Å². The molecule has 1 aliphatic rings. The van der Waals surface area contributed by atoms with Gasteiger partial charge in [0.05, 0.1) is 11.1 Å². The maximum atomic E-state index is 15.6. The number of rotatable bonds is 5. The van der Waals surface area contributed by atoms with Gasteiger partial charge in [0.2, 0.25) is 15.9 Å². The van der Waals surface area contributed by atoms with Gasteiger partial charge in [-0.15, -0.1) is 0 Å². The van der Waals surface area contributed by atoms with Gasteiger partial charge in [0.1, 0.15) is 28.0 Å². The summed E-state index contributed by atoms with van der Waals surface area (Å²) in [5.74, 6) is -1.77. The molecular weight excluding hydrogens is 542 g/mol. The van der Waals surface area contributed by atoms with E-state index in [1.165, 1.54) is 48.5 Å². The number of para-hydroxylation sites is 1. The zero-order chi connectivity index (χ0) is 28.8. The number of hydrogen-bond acceptors (Lipinski definition) is 7. The highest BCUT2D eigenvalue weighted by Gasteiger charge is 2.30. The number of sulfonamides is 1. The Balaban J connectivity index is 1.81. The van der Waals surface area contributed by atoms with Crippen LogP contribution in [0.25, 0.3) is 28.0 Å². The molecule has 206 valence electrons. The van der Waals surface area contributed by atoms with E-state index in [2.05, 4.69) is 16.5 Å². The van der Waals surface area contributed by atoms with Crippen molar-refractivity contribution in [2.75, 3.05) is 24.5 Å². The third kappa shape index (κ3) is 4.73. The zero-order valence-electron chi connectivity index (χ0n) is 21.3. The minimum absolute atomic E-state index is 0.0803. The lowest BCUT2D eigenvalue weighted by atomic mass is 10.1. The van der Waals surface area contributed by atoms with E-state index in [9.17, 15) is 22.4 Å². The molecule has 0 bridgehead atoms. The first-order valence-electron chi connectivity index (χ1n) is 12.2. The summed E-state index contributed by atoms with van der Waals surface area (Å²) < 4.78 is 56.0. The number of pyridine rings is 1. The van der Waals surface area contributed by atoms with Crippen LogP contribution in [0, 0.1) is 11.6 Å². The van der Waals surface area contributed by atoms with Crippen LogP contribution in [0.3, 0.4) is 0 Å². The molecule has 3 heterocycles. The van der Waals surface area contributed by atoms with Crippen molar-refractivity contribution >= 4 is 32.8 Å². The van der Waals surface area contributed by atoms with Crippen LogP contribution >= 0.6 is 0 Å². The van der Waals surface area contributed by atoms with E-state index >= 15 is 4.39 Å². The van der Waals surface area contributed by atoms with Gasteiger partial charge >= 0.3 is 5.69 Å². The number of nitrogens with two attached hydrogens (primary N) is 1. The second-order valence-corrected chi connectivity index (χ2v) is 10.8. The Morgan fingerprint density at radius 1 is 1.07 bits per heavy atom. The van der Waals surface area contributed by atoms with Crippen LogP contribution in [-0.4, -0.2) is 59.4 Å². The smallest absolute Gasteiger partial charge is 0.350 e. The van der Waals surface area contributed by atoms with Crippen LogP contribution in [0.4, 0.5) is 14.6 Å². The average Bonchev–Trinajstić information content (AvgIpc) is 2.92. The predicted molar refractivity (Wildman–Crippen MR) is 145 cm³/mol. The van der Waals surface area contributed by atoms with Crippen molar-refractivity contribution in [3.05, 3.63) is 89.4 Å². The minimum Gasteiger partial charge on any atom is -0.350 e. The van der Waals surface area contributed by atoms with Gasteiger partial charge in [-0.1, -0.05) is 30.8 Å². The molecule has 2 aromatic heterocycles. The molecule has 1 fully saturated rings. The van der Waals surface area contributed by atoms with E-state index in [1.807, 2.05) is 6.92 Å². The first-order valence-corrected chi connectivity index (χ1v) is 13.7. The molecule has 10 nitrogen and oxygen atoms in total.